The number of ether oxygens (including phenoxy) is 4. The molecule has 0 radical (unpaired) electrons. The number of rotatable bonds is 65. The van der Waals surface area contributed by atoms with Crippen LogP contribution in [0.25, 0.3) is 0 Å². The topological polar surface area (TPSA) is 237 Å². The van der Waals surface area contributed by atoms with E-state index in [1.807, 2.05) is 0 Å². The third-order valence-electron chi connectivity index (χ3n) is 16.1. The van der Waals surface area contributed by atoms with Crippen LogP contribution in [0.2, 0.25) is 0 Å². The lowest BCUT2D eigenvalue weighted by atomic mass is 9.99. The maximum absolute atomic E-state index is 13.0. The second kappa shape index (κ2) is 58.2. The van der Waals surface area contributed by atoms with Crippen molar-refractivity contribution in [1.29, 1.82) is 0 Å². The largest absolute Gasteiger partial charge is 0.472 e. The quantitative estimate of drug-likeness (QED) is 0.0222. The van der Waals surface area contributed by atoms with Gasteiger partial charge in [-0.25, -0.2) is 9.13 Å². The highest BCUT2D eigenvalue weighted by molar-refractivity contribution is 7.47. The minimum atomic E-state index is -4.95. The van der Waals surface area contributed by atoms with Gasteiger partial charge in [0.05, 0.1) is 26.4 Å². The van der Waals surface area contributed by atoms with Crippen LogP contribution in [0.5, 0.6) is 0 Å². The van der Waals surface area contributed by atoms with E-state index in [1.165, 1.54) is 141 Å². The summed E-state index contributed by atoms with van der Waals surface area (Å²) in [4.78, 5) is 72.4. The Kier molecular flexibility index (Phi) is 56.9. The van der Waals surface area contributed by atoms with Crippen molar-refractivity contribution in [2.24, 2.45) is 17.8 Å². The summed E-state index contributed by atoms with van der Waals surface area (Å²) in [7, 11) is -9.90. The van der Waals surface area contributed by atoms with Gasteiger partial charge in [-0.15, -0.1) is 0 Å². The molecule has 0 fully saturated rings. The molecule has 0 saturated carbocycles. The van der Waals surface area contributed by atoms with Crippen molar-refractivity contribution in [3.8, 4) is 0 Å². The molecule has 0 heterocycles. The second-order valence-corrected chi connectivity index (χ2v) is 28.1. The summed E-state index contributed by atoms with van der Waals surface area (Å²) in [5.41, 5.74) is 0. The third kappa shape index (κ3) is 58.4. The van der Waals surface area contributed by atoms with E-state index >= 15 is 0 Å². The highest BCUT2D eigenvalue weighted by Gasteiger charge is 2.30. The Balaban J connectivity index is 5.27. The highest BCUT2D eigenvalue weighted by Crippen LogP contribution is 2.45. The van der Waals surface area contributed by atoms with E-state index in [2.05, 4.69) is 48.5 Å². The summed E-state index contributed by atoms with van der Waals surface area (Å²) in [6.07, 6.45) is 40.2. The lowest BCUT2D eigenvalue weighted by Crippen LogP contribution is -2.30. The average molecular weight is 1270 g/mol. The first-order valence-electron chi connectivity index (χ1n) is 34.9. The van der Waals surface area contributed by atoms with Gasteiger partial charge < -0.3 is 33.8 Å². The Hall–Kier alpha value is -1.94. The van der Waals surface area contributed by atoms with Gasteiger partial charge in [-0.05, 0) is 43.4 Å². The molecule has 0 aliphatic heterocycles. The predicted octanol–water partition coefficient (Wildman–Crippen LogP) is 18.7. The number of aliphatic hydroxyl groups is 1. The van der Waals surface area contributed by atoms with Gasteiger partial charge in [-0.2, -0.15) is 0 Å². The molecule has 0 aromatic rings. The number of carbonyl (C=O) groups is 4. The average Bonchev–Trinajstić information content (AvgIpc) is 3.69. The van der Waals surface area contributed by atoms with Gasteiger partial charge in [0, 0.05) is 25.7 Å². The lowest BCUT2D eigenvalue weighted by Gasteiger charge is -2.21. The van der Waals surface area contributed by atoms with Crippen LogP contribution < -0.4 is 0 Å². The minimum Gasteiger partial charge on any atom is -0.462 e. The molecule has 0 bridgehead atoms. The zero-order valence-electron chi connectivity index (χ0n) is 55.8. The lowest BCUT2D eigenvalue weighted by molar-refractivity contribution is -0.161. The van der Waals surface area contributed by atoms with Crippen LogP contribution in [-0.4, -0.2) is 96.7 Å². The van der Waals surface area contributed by atoms with Crippen LogP contribution in [-0.2, 0) is 65.4 Å². The fourth-order valence-electron chi connectivity index (χ4n) is 9.95. The third-order valence-corrected chi connectivity index (χ3v) is 18.0. The Morgan fingerprint density at radius 2 is 0.593 bits per heavy atom. The Bertz CT molecular complexity index is 1700. The van der Waals surface area contributed by atoms with Crippen molar-refractivity contribution >= 4 is 39.5 Å². The fraction of sp³-hybridized carbons (Fsp3) is 0.940. The van der Waals surface area contributed by atoms with E-state index in [0.29, 0.717) is 25.7 Å². The summed E-state index contributed by atoms with van der Waals surface area (Å²) < 4.78 is 68.1. The highest BCUT2D eigenvalue weighted by atomic mass is 31.2. The van der Waals surface area contributed by atoms with Gasteiger partial charge in [0.1, 0.15) is 19.3 Å². The molecule has 0 aromatic heterocycles. The number of hydrogen-bond acceptors (Lipinski definition) is 15. The van der Waals surface area contributed by atoms with Crippen molar-refractivity contribution in [1.82, 2.24) is 0 Å². The van der Waals surface area contributed by atoms with E-state index in [-0.39, 0.29) is 25.7 Å². The maximum Gasteiger partial charge on any atom is 0.472 e. The molecular weight excluding hydrogens is 1140 g/mol. The molecule has 0 aromatic carbocycles. The van der Waals surface area contributed by atoms with Crippen molar-refractivity contribution in [2.75, 3.05) is 39.6 Å². The van der Waals surface area contributed by atoms with Crippen LogP contribution in [0.15, 0.2) is 0 Å². The molecular formula is C67H130O17P2. The SMILES string of the molecule is CCCCCCCCCCCCCC(=O)OC[C@H](COP(=O)(O)OC[C@H](O)COP(=O)(O)OC[C@@H](COC(=O)CCCCCCCCCCC(C)CC)OC(=O)CCCCCCCCCCC(C)CC)OC(=O)CCCCCCCCCCC(C)C. The van der Waals surface area contributed by atoms with Crippen LogP contribution in [0.4, 0.5) is 0 Å². The summed E-state index contributed by atoms with van der Waals surface area (Å²) in [6, 6.07) is 0. The maximum atomic E-state index is 13.0. The molecule has 86 heavy (non-hydrogen) atoms. The monoisotopic (exact) mass is 1270 g/mol. The Morgan fingerprint density at radius 3 is 0.884 bits per heavy atom. The van der Waals surface area contributed by atoms with Crippen LogP contribution in [0.1, 0.15) is 331 Å². The number of carbonyl (C=O) groups excluding carboxylic acids is 4. The summed E-state index contributed by atoms with van der Waals surface area (Å²) in [5.74, 6) is 0.132. The number of unbranched alkanes of at least 4 members (excludes halogenated alkanes) is 31. The molecule has 17 nitrogen and oxygen atoms in total. The first-order chi connectivity index (χ1) is 41.3. The van der Waals surface area contributed by atoms with E-state index in [1.54, 1.807) is 0 Å². The van der Waals surface area contributed by atoms with E-state index in [9.17, 15) is 43.2 Å². The molecule has 7 atom stereocenters. The van der Waals surface area contributed by atoms with E-state index in [0.717, 1.165) is 108 Å². The van der Waals surface area contributed by atoms with Crippen LogP contribution in [0, 0.1) is 17.8 Å². The molecule has 0 amide bonds. The van der Waals surface area contributed by atoms with Crippen molar-refractivity contribution in [3.63, 3.8) is 0 Å². The number of phosphoric acid groups is 2. The van der Waals surface area contributed by atoms with Gasteiger partial charge >= 0.3 is 39.5 Å². The van der Waals surface area contributed by atoms with Gasteiger partial charge in [-0.3, -0.25) is 37.3 Å². The smallest absolute Gasteiger partial charge is 0.462 e. The standard InChI is InChI=1S/C67H130O17P2/c1-8-11-12-13-14-15-16-17-27-34-41-48-64(69)77-54-62(83-66(71)50-43-36-29-21-18-24-31-38-45-58(4)5)56-81-85(73,74)79-52-61(68)53-80-86(75,76)82-57-63(84-67(72)51-44-37-30-23-20-26-33-40-47-60(7)10-3)55-78-65(70)49-42-35-28-22-19-25-32-39-46-59(6)9-2/h58-63,68H,8-57H2,1-7H3,(H,73,74)(H,75,76)/t59?,60?,61-,62+,63+/m0/s1. The number of hydrogen-bond donors (Lipinski definition) is 3. The molecule has 3 N–H and O–H groups in total. The first kappa shape index (κ1) is 84.1. The molecule has 4 unspecified atom stereocenters. The number of aliphatic hydroxyl groups excluding tert-OH is 1. The zero-order chi connectivity index (χ0) is 63.8. The molecule has 0 rings (SSSR count). The summed E-state index contributed by atoms with van der Waals surface area (Å²) in [6.45, 7) is 11.8. The fourth-order valence-corrected chi connectivity index (χ4v) is 11.5. The van der Waals surface area contributed by atoms with Gasteiger partial charge in [0.2, 0.25) is 0 Å². The minimum absolute atomic E-state index is 0.104. The molecule has 0 aliphatic carbocycles. The first-order valence-corrected chi connectivity index (χ1v) is 37.9. The normalized spacial score (nSPS) is 14.9. The number of phosphoric ester groups is 2. The molecule has 0 saturated heterocycles. The summed E-state index contributed by atoms with van der Waals surface area (Å²) >= 11 is 0. The molecule has 510 valence electrons. The molecule has 0 aliphatic rings. The number of esters is 4. The van der Waals surface area contributed by atoms with Gasteiger partial charge in [0.25, 0.3) is 0 Å². The predicted molar refractivity (Wildman–Crippen MR) is 344 cm³/mol. The Morgan fingerprint density at radius 1 is 0.337 bits per heavy atom. The van der Waals surface area contributed by atoms with E-state index < -0.39 is 97.5 Å². The van der Waals surface area contributed by atoms with E-state index in [4.69, 9.17) is 37.0 Å². The van der Waals surface area contributed by atoms with Gasteiger partial charge in [0.15, 0.2) is 12.2 Å². The molecule has 0 spiro atoms. The molecule has 19 heteroatoms. The van der Waals surface area contributed by atoms with Gasteiger partial charge in [-0.1, -0.05) is 280 Å². The van der Waals surface area contributed by atoms with Crippen molar-refractivity contribution in [2.45, 2.75) is 349 Å². The van der Waals surface area contributed by atoms with Crippen LogP contribution in [0.3, 0.4) is 0 Å². The second-order valence-electron chi connectivity index (χ2n) is 25.2. The van der Waals surface area contributed by atoms with Crippen LogP contribution >= 0.6 is 15.6 Å². The van der Waals surface area contributed by atoms with Crippen molar-refractivity contribution < 1.29 is 80.2 Å². The zero-order valence-corrected chi connectivity index (χ0v) is 57.6. The summed E-state index contributed by atoms with van der Waals surface area (Å²) in [5, 5.41) is 10.6. The van der Waals surface area contributed by atoms with Crippen molar-refractivity contribution in [3.05, 3.63) is 0 Å². The Labute approximate surface area is 524 Å².